The lowest BCUT2D eigenvalue weighted by Gasteiger charge is -2.18. The van der Waals surface area contributed by atoms with Crippen LogP contribution in [-0.4, -0.2) is 23.4 Å². The zero-order valence-corrected chi connectivity index (χ0v) is 18.2. The van der Waals surface area contributed by atoms with Gasteiger partial charge in [-0.05, 0) is 60.9 Å². The van der Waals surface area contributed by atoms with E-state index in [1.165, 1.54) is 11.3 Å². The van der Waals surface area contributed by atoms with Crippen molar-refractivity contribution in [2.75, 3.05) is 13.1 Å². The van der Waals surface area contributed by atoms with Crippen LogP contribution >= 0.6 is 0 Å². The van der Waals surface area contributed by atoms with Gasteiger partial charge in [-0.3, -0.25) is 0 Å². The molecule has 2 aliphatic rings. The first kappa shape index (κ1) is 20.6. The van der Waals surface area contributed by atoms with Gasteiger partial charge in [-0.25, -0.2) is 4.58 Å². The van der Waals surface area contributed by atoms with E-state index in [1.54, 1.807) is 0 Å². The molecule has 0 radical (unpaired) electrons. The Morgan fingerprint density at radius 2 is 1.32 bits per heavy atom. The minimum absolute atomic E-state index is 0.827. The van der Waals surface area contributed by atoms with E-state index in [9.17, 15) is 0 Å². The van der Waals surface area contributed by atoms with Crippen molar-refractivity contribution in [3.05, 3.63) is 132 Å². The Balaban J connectivity index is 1.64. The molecule has 0 atom stereocenters. The summed E-state index contributed by atoms with van der Waals surface area (Å²) in [7, 11) is 0. The van der Waals surface area contributed by atoms with E-state index in [1.807, 2.05) is 30.3 Å². The first-order valence-electron chi connectivity index (χ1n) is 10.9. The van der Waals surface area contributed by atoms with E-state index in [-0.39, 0.29) is 0 Å². The minimum atomic E-state index is 0.827. The maximum Gasteiger partial charge on any atom is 0.199 e. The van der Waals surface area contributed by atoms with E-state index in [0.29, 0.717) is 0 Å². The summed E-state index contributed by atoms with van der Waals surface area (Å²) in [6.45, 7) is 6.39. The third kappa shape index (κ3) is 5.10. The SMILES string of the molecule is CC[N+](CC)=C1C=CC(=CC=C2C=C(c3ccccc3)C=C(c3ccccc3)O2)C=C1. The highest BCUT2D eigenvalue weighted by Gasteiger charge is 2.14. The van der Waals surface area contributed by atoms with Gasteiger partial charge >= 0.3 is 0 Å². The van der Waals surface area contributed by atoms with Gasteiger partial charge < -0.3 is 4.74 Å². The second-order valence-corrected chi connectivity index (χ2v) is 7.44. The van der Waals surface area contributed by atoms with Gasteiger partial charge in [0, 0.05) is 17.7 Å². The fourth-order valence-corrected chi connectivity index (χ4v) is 3.71. The fraction of sp³-hybridized carbons (Fsp3) is 0.138. The molecule has 0 unspecified atom stereocenters. The summed E-state index contributed by atoms with van der Waals surface area (Å²) < 4.78 is 8.59. The van der Waals surface area contributed by atoms with Crippen molar-refractivity contribution in [1.82, 2.24) is 0 Å². The van der Waals surface area contributed by atoms with E-state index in [2.05, 4.69) is 97.4 Å². The summed E-state index contributed by atoms with van der Waals surface area (Å²) in [5.74, 6) is 1.69. The Morgan fingerprint density at radius 3 is 1.94 bits per heavy atom. The molecule has 0 N–H and O–H groups in total. The minimum Gasteiger partial charge on any atom is -0.457 e. The molecule has 1 aliphatic carbocycles. The molecule has 1 aliphatic heterocycles. The van der Waals surface area contributed by atoms with Gasteiger partial charge in [0.15, 0.2) is 5.71 Å². The molecule has 0 saturated heterocycles. The summed E-state index contributed by atoms with van der Waals surface area (Å²) in [5.41, 5.74) is 5.79. The quantitative estimate of drug-likeness (QED) is 0.512. The molecule has 0 aromatic heterocycles. The standard InChI is InChI=1S/C29H28NO/c1-3-30(4-2)27-18-15-23(16-19-27)17-20-28-21-26(24-11-7-5-8-12-24)22-29(31-28)25-13-9-6-10-14-25/h5-22H,3-4H2,1-2H3/q+1. The number of allylic oxidation sites excluding steroid dienone is 10. The average Bonchev–Trinajstić information content (AvgIpc) is 2.85. The number of nitrogens with zero attached hydrogens (tertiary/aromatic N) is 1. The fourth-order valence-electron chi connectivity index (χ4n) is 3.71. The molecule has 2 aromatic rings. The molecule has 1 heterocycles. The Morgan fingerprint density at radius 1 is 0.710 bits per heavy atom. The molecule has 0 amide bonds. The van der Waals surface area contributed by atoms with E-state index in [0.717, 1.165) is 41.3 Å². The lowest BCUT2D eigenvalue weighted by molar-refractivity contribution is -0.519. The molecule has 2 nitrogen and oxygen atoms in total. The van der Waals surface area contributed by atoms with Gasteiger partial charge in [0.05, 0.1) is 0 Å². The third-order valence-electron chi connectivity index (χ3n) is 5.44. The van der Waals surface area contributed by atoms with Gasteiger partial charge in [0.1, 0.15) is 24.6 Å². The molecular formula is C29H28NO+. The van der Waals surface area contributed by atoms with Crippen LogP contribution in [0.2, 0.25) is 0 Å². The normalized spacial score (nSPS) is 16.6. The molecule has 0 fully saturated rings. The largest absolute Gasteiger partial charge is 0.457 e. The van der Waals surface area contributed by atoms with Gasteiger partial charge in [0.2, 0.25) is 0 Å². The van der Waals surface area contributed by atoms with Crippen molar-refractivity contribution < 1.29 is 9.31 Å². The highest BCUT2D eigenvalue weighted by molar-refractivity contribution is 6.02. The van der Waals surface area contributed by atoms with Gasteiger partial charge in [0.25, 0.3) is 0 Å². The smallest absolute Gasteiger partial charge is 0.199 e. The molecule has 0 bridgehead atoms. The summed E-state index contributed by atoms with van der Waals surface area (Å²) in [4.78, 5) is 0. The van der Waals surface area contributed by atoms with Crippen molar-refractivity contribution >= 4 is 17.0 Å². The molecule has 0 saturated carbocycles. The number of benzene rings is 2. The molecule has 154 valence electrons. The first-order valence-corrected chi connectivity index (χ1v) is 10.9. The highest BCUT2D eigenvalue weighted by atomic mass is 16.5. The molecule has 2 aromatic carbocycles. The van der Waals surface area contributed by atoms with Crippen LogP contribution in [0, 0.1) is 0 Å². The molecule has 0 spiro atoms. The third-order valence-corrected chi connectivity index (χ3v) is 5.44. The van der Waals surface area contributed by atoms with Crippen LogP contribution in [0.1, 0.15) is 25.0 Å². The van der Waals surface area contributed by atoms with Crippen LogP contribution in [-0.2, 0) is 4.74 Å². The summed E-state index contributed by atoms with van der Waals surface area (Å²) in [6.07, 6.45) is 17.0. The highest BCUT2D eigenvalue weighted by Crippen LogP contribution is 2.31. The van der Waals surface area contributed by atoms with Crippen LogP contribution in [0.25, 0.3) is 11.3 Å². The maximum atomic E-state index is 6.25. The zero-order chi connectivity index (χ0) is 21.5. The molecule has 31 heavy (non-hydrogen) atoms. The average molecular weight is 407 g/mol. The van der Waals surface area contributed by atoms with Crippen molar-refractivity contribution in [3.8, 4) is 0 Å². The Bertz CT molecular complexity index is 1120. The van der Waals surface area contributed by atoms with E-state index in [4.69, 9.17) is 4.74 Å². The van der Waals surface area contributed by atoms with Crippen molar-refractivity contribution in [2.24, 2.45) is 0 Å². The van der Waals surface area contributed by atoms with E-state index < -0.39 is 0 Å². The van der Waals surface area contributed by atoms with Crippen LogP contribution in [0.5, 0.6) is 0 Å². The maximum absolute atomic E-state index is 6.25. The van der Waals surface area contributed by atoms with Crippen LogP contribution in [0.3, 0.4) is 0 Å². The predicted molar refractivity (Wildman–Crippen MR) is 131 cm³/mol. The van der Waals surface area contributed by atoms with Gasteiger partial charge in [-0.15, -0.1) is 0 Å². The van der Waals surface area contributed by atoms with Crippen LogP contribution in [0.15, 0.2) is 121 Å². The number of hydrogen-bond donors (Lipinski definition) is 0. The molecule has 2 heteroatoms. The Labute approximate surface area is 185 Å². The Kier molecular flexibility index (Phi) is 6.59. The van der Waals surface area contributed by atoms with Gasteiger partial charge in [-0.2, -0.15) is 0 Å². The van der Waals surface area contributed by atoms with Crippen molar-refractivity contribution in [1.29, 1.82) is 0 Å². The van der Waals surface area contributed by atoms with Crippen LogP contribution < -0.4 is 0 Å². The van der Waals surface area contributed by atoms with Gasteiger partial charge in [-0.1, -0.05) is 66.7 Å². The van der Waals surface area contributed by atoms with Crippen LogP contribution in [0.4, 0.5) is 0 Å². The van der Waals surface area contributed by atoms with E-state index >= 15 is 0 Å². The number of ether oxygens (including phenoxy) is 1. The van der Waals surface area contributed by atoms with Crippen molar-refractivity contribution in [3.63, 3.8) is 0 Å². The lowest BCUT2D eigenvalue weighted by Crippen LogP contribution is -2.18. The Hall–Kier alpha value is -3.65. The summed E-state index contributed by atoms with van der Waals surface area (Å²) in [5, 5.41) is 0. The zero-order valence-electron chi connectivity index (χ0n) is 18.2. The topological polar surface area (TPSA) is 12.2 Å². The van der Waals surface area contributed by atoms with Crippen molar-refractivity contribution in [2.45, 2.75) is 13.8 Å². The lowest BCUT2D eigenvalue weighted by atomic mass is 10.0. The second-order valence-electron chi connectivity index (χ2n) is 7.44. The second kappa shape index (κ2) is 9.90. The first-order chi connectivity index (χ1) is 15.3. The monoisotopic (exact) mass is 406 g/mol. The summed E-state index contributed by atoms with van der Waals surface area (Å²) in [6, 6.07) is 20.7. The predicted octanol–water partition coefficient (Wildman–Crippen LogP) is 6.57. The number of hydrogen-bond acceptors (Lipinski definition) is 1. The summed E-state index contributed by atoms with van der Waals surface area (Å²) >= 11 is 0. The number of rotatable bonds is 5. The molecular weight excluding hydrogens is 378 g/mol. The molecule has 4 rings (SSSR count).